The molecule has 2 aromatic rings. The number of fused-ring (bicyclic) bond motifs is 1. The highest BCUT2D eigenvalue weighted by Crippen LogP contribution is 2.33. The summed E-state index contributed by atoms with van der Waals surface area (Å²) >= 11 is 3.46. The van der Waals surface area contributed by atoms with Crippen LogP contribution < -0.4 is 11.1 Å². The van der Waals surface area contributed by atoms with Gasteiger partial charge in [0.25, 0.3) is 0 Å². The summed E-state index contributed by atoms with van der Waals surface area (Å²) in [5.74, 6) is -0.0404. The van der Waals surface area contributed by atoms with Crippen molar-refractivity contribution in [1.82, 2.24) is 4.90 Å². The third-order valence-electron chi connectivity index (χ3n) is 4.70. The molecule has 6 nitrogen and oxygen atoms in total. The van der Waals surface area contributed by atoms with Crippen LogP contribution in [0.25, 0.3) is 10.8 Å². The minimum atomic E-state index is -0.614. The molecule has 2 atom stereocenters. The highest BCUT2D eigenvalue weighted by molar-refractivity contribution is 9.10. The molecule has 1 fully saturated rings. The van der Waals surface area contributed by atoms with Gasteiger partial charge in [0.2, 0.25) is 5.91 Å². The van der Waals surface area contributed by atoms with Crippen LogP contribution in [0.1, 0.15) is 34.1 Å². The smallest absolute Gasteiger partial charge is 0.410 e. The molecule has 0 aromatic heterocycles. The van der Waals surface area contributed by atoms with Gasteiger partial charge in [0.1, 0.15) is 11.6 Å². The lowest BCUT2D eigenvalue weighted by atomic mass is 10.1. The standard InChI is InChI=1S/C21H26BrN3O3/c1-12-9-17(25(11-12)20(27)28-21(2,3)4)19(26)24-18-15-7-6-14(22)10-13(15)5-8-16(18)23/h5-8,10,12,17H,9,11,23H2,1-4H3,(H,24,26)/t12-,17-/m0/s1. The van der Waals surface area contributed by atoms with Gasteiger partial charge in [-0.25, -0.2) is 4.79 Å². The molecule has 150 valence electrons. The van der Waals surface area contributed by atoms with Crippen molar-refractivity contribution >= 4 is 50.1 Å². The molecule has 2 aromatic carbocycles. The van der Waals surface area contributed by atoms with Crippen molar-refractivity contribution in [1.29, 1.82) is 0 Å². The van der Waals surface area contributed by atoms with E-state index in [2.05, 4.69) is 21.2 Å². The van der Waals surface area contributed by atoms with E-state index >= 15 is 0 Å². The van der Waals surface area contributed by atoms with Gasteiger partial charge in [-0.05, 0) is 56.7 Å². The number of rotatable bonds is 2. The second kappa shape index (κ2) is 7.62. The Morgan fingerprint density at radius 2 is 1.96 bits per heavy atom. The van der Waals surface area contributed by atoms with Crippen molar-refractivity contribution in [2.45, 2.75) is 45.8 Å². The van der Waals surface area contributed by atoms with Crippen LogP contribution in [0, 0.1) is 5.92 Å². The summed E-state index contributed by atoms with van der Waals surface area (Å²) in [6.45, 7) is 7.96. The van der Waals surface area contributed by atoms with Gasteiger partial charge in [0.05, 0.1) is 11.4 Å². The molecular formula is C21H26BrN3O3. The molecule has 1 aliphatic heterocycles. The third kappa shape index (κ3) is 4.41. The molecule has 0 bridgehead atoms. The van der Waals surface area contributed by atoms with Gasteiger partial charge >= 0.3 is 6.09 Å². The molecular weight excluding hydrogens is 422 g/mol. The first-order valence-corrected chi connectivity index (χ1v) is 10.1. The van der Waals surface area contributed by atoms with Crippen LogP contribution in [-0.2, 0) is 9.53 Å². The van der Waals surface area contributed by atoms with Crippen molar-refractivity contribution in [3.8, 4) is 0 Å². The molecule has 28 heavy (non-hydrogen) atoms. The molecule has 1 saturated heterocycles. The van der Waals surface area contributed by atoms with E-state index in [1.807, 2.05) is 52.0 Å². The maximum absolute atomic E-state index is 13.1. The normalized spacial score (nSPS) is 19.7. The van der Waals surface area contributed by atoms with Gasteiger partial charge in [-0.15, -0.1) is 0 Å². The average molecular weight is 448 g/mol. The summed E-state index contributed by atoms with van der Waals surface area (Å²) < 4.78 is 6.43. The Morgan fingerprint density at radius 1 is 1.25 bits per heavy atom. The van der Waals surface area contributed by atoms with Gasteiger partial charge < -0.3 is 15.8 Å². The van der Waals surface area contributed by atoms with Crippen LogP contribution in [0.4, 0.5) is 16.2 Å². The summed E-state index contributed by atoms with van der Waals surface area (Å²) in [6.07, 6.45) is 0.119. The Morgan fingerprint density at radius 3 is 2.64 bits per heavy atom. The number of hydrogen-bond acceptors (Lipinski definition) is 4. The highest BCUT2D eigenvalue weighted by Gasteiger charge is 2.40. The van der Waals surface area contributed by atoms with Gasteiger partial charge in [-0.2, -0.15) is 0 Å². The summed E-state index contributed by atoms with van der Waals surface area (Å²) in [4.78, 5) is 27.2. The van der Waals surface area contributed by atoms with Gasteiger partial charge in [-0.3, -0.25) is 9.69 Å². The second-order valence-electron chi connectivity index (χ2n) is 8.37. The molecule has 0 unspecified atom stereocenters. The predicted molar refractivity (Wildman–Crippen MR) is 115 cm³/mol. The number of ether oxygens (including phenoxy) is 1. The molecule has 0 aliphatic carbocycles. The number of carbonyl (C=O) groups excluding carboxylic acids is 2. The molecule has 0 saturated carbocycles. The van der Waals surface area contributed by atoms with Gasteiger partial charge in [-0.1, -0.05) is 35.0 Å². The summed E-state index contributed by atoms with van der Waals surface area (Å²) in [5, 5.41) is 4.77. The molecule has 0 radical (unpaired) electrons. The Kier molecular flexibility index (Phi) is 5.57. The number of nitrogens with one attached hydrogen (secondary N) is 1. The Labute approximate surface area is 173 Å². The Bertz CT molecular complexity index is 923. The first kappa shape index (κ1) is 20.5. The first-order chi connectivity index (χ1) is 13.0. The Hall–Kier alpha value is -2.28. The molecule has 1 heterocycles. The molecule has 1 aliphatic rings. The maximum Gasteiger partial charge on any atom is 0.410 e. The largest absolute Gasteiger partial charge is 0.444 e. The summed E-state index contributed by atoms with van der Waals surface area (Å²) in [7, 11) is 0. The summed E-state index contributed by atoms with van der Waals surface area (Å²) in [6, 6.07) is 8.88. The molecule has 2 amide bonds. The lowest BCUT2D eigenvalue weighted by molar-refractivity contribution is -0.120. The van der Waals surface area contributed by atoms with E-state index in [1.165, 1.54) is 4.90 Å². The molecule has 3 N–H and O–H groups in total. The number of benzene rings is 2. The maximum atomic E-state index is 13.1. The van der Waals surface area contributed by atoms with Crippen molar-refractivity contribution < 1.29 is 14.3 Å². The van der Waals surface area contributed by atoms with E-state index in [1.54, 1.807) is 6.07 Å². The minimum absolute atomic E-state index is 0.212. The van der Waals surface area contributed by atoms with Crippen molar-refractivity contribution in [3.63, 3.8) is 0 Å². The number of anilines is 2. The Balaban J connectivity index is 1.86. The van der Waals surface area contributed by atoms with Crippen LogP contribution in [0.2, 0.25) is 0 Å². The van der Waals surface area contributed by atoms with Crippen LogP contribution in [0.15, 0.2) is 34.8 Å². The van der Waals surface area contributed by atoms with E-state index in [9.17, 15) is 9.59 Å². The number of hydrogen-bond donors (Lipinski definition) is 2. The number of likely N-dealkylation sites (tertiary alicyclic amines) is 1. The van der Waals surface area contributed by atoms with Crippen molar-refractivity contribution in [3.05, 3.63) is 34.8 Å². The van der Waals surface area contributed by atoms with Crippen molar-refractivity contribution in [2.24, 2.45) is 5.92 Å². The van der Waals surface area contributed by atoms with Crippen LogP contribution in [0.5, 0.6) is 0 Å². The number of amides is 2. The average Bonchev–Trinajstić information content (AvgIpc) is 2.98. The number of nitrogens with two attached hydrogens (primary N) is 1. The van der Waals surface area contributed by atoms with E-state index in [0.29, 0.717) is 24.3 Å². The van der Waals surface area contributed by atoms with Crippen molar-refractivity contribution in [2.75, 3.05) is 17.6 Å². The lowest BCUT2D eigenvalue weighted by Crippen LogP contribution is -2.45. The summed E-state index contributed by atoms with van der Waals surface area (Å²) in [5.41, 5.74) is 6.58. The van der Waals surface area contributed by atoms with Crippen LogP contribution >= 0.6 is 15.9 Å². The van der Waals surface area contributed by atoms with E-state index in [-0.39, 0.29) is 11.8 Å². The fourth-order valence-corrected chi connectivity index (χ4v) is 3.86. The zero-order valence-corrected chi connectivity index (χ0v) is 18.2. The van der Waals surface area contributed by atoms with E-state index in [4.69, 9.17) is 10.5 Å². The van der Waals surface area contributed by atoms with E-state index < -0.39 is 17.7 Å². The highest BCUT2D eigenvalue weighted by atomic mass is 79.9. The number of carbonyl (C=O) groups is 2. The number of nitrogen functional groups attached to an aromatic ring is 1. The fourth-order valence-electron chi connectivity index (χ4n) is 3.48. The lowest BCUT2D eigenvalue weighted by Gasteiger charge is -2.28. The minimum Gasteiger partial charge on any atom is -0.444 e. The zero-order valence-electron chi connectivity index (χ0n) is 16.6. The van der Waals surface area contributed by atoms with E-state index in [0.717, 1.165) is 15.2 Å². The fraction of sp³-hybridized carbons (Fsp3) is 0.429. The topological polar surface area (TPSA) is 84.7 Å². The van der Waals surface area contributed by atoms with Gasteiger partial charge in [0.15, 0.2) is 0 Å². The van der Waals surface area contributed by atoms with Crippen LogP contribution in [0.3, 0.4) is 0 Å². The molecule has 7 heteroatoms. The first-order valence-electron chi connectivity index (χ1n) is 9.33. The van der Waals surface area contributed by atoms with Gasteiger partial charge in [0, 0.05) is 16.4 Å². The van der Waals surface area contributed by atoms with Crippen LogP contribution in [-0.4, -0.2) is 35.1 Å². The monoisotopic (exact) mass is 447 g/mol. The number of nitrogens with zero attached hydrogens (tertiary/aromatic N) is 1. The quantitative estimate of drug-likeness (QED) is 0.649. The molecule has 3 rings (SSSR count). The predicted octanol–water partition coefficient (Wildman–Crippen LogP) is 4.77. The zero-order chi connectivity index (χ0) is 20.6. The second-order valence-corrected chi connectivity index (χ2v) is 9.29. The SMILES string of the molecule is C[C@H]1C[C@@H](C(=O)Nc2c(N)ccc3cc(Br)ccc23)N(C(=O)OC(C)(C)C)C1. The number of halogens is 1. The molecule has 0 spiro atoms. The third-order valence-corrected chi connectivity index (χ3v) is 5.20.